The van der Waals surface area contributed by atoms with E-state index in [1.165, 1.54) is 10.8 Å². The molecule has 4 aromatic rings. The summed E-state index contributed by atoms with van der Waals surface area (Å²) in [6.45, 7) is 0.393. The normalized spacial score (nSPS) is 10.9. The summed E-state index contributed by atoms with van der Waals surface area (Å²) in [5.74, 6) is 0.250. The van der Waals surface area contributed by atoms with E-state index in [4.69, 9.17) is 0 Å². The fourth-order valence-corrected chi connectivity index (χ4v) is 3.37. The zero-order valence-corrected chi connectivity index (χ0v) is 16.3. The van der Waals surface area contributed by atoms with Gasteiger partial charge in [-0.15, -0.1) is 0 Å². The van der Waals surface area contributed by atoms with Gasteiger partial charge in [0.2, 0.25) is 5.91 Å². The molecule has 28 heavy (non-hydrogen) atoms. The maximum absolute atomic E-state index is 12.6. The topological polar surface area (TPSA) is 81.8 Å². The van der Waals surface area contributed by atoms with E-state index in [9.17, 15) is 9.59 Å². The van der Waals surface area contributed by atoms with Crippen LogP contribution >= 0.6 is 15.9 Å². The van der Waals surface area contributed by atoms with Crippen molar-refractivity contribution in [2.24, 2.45) is 0 Å². The Morgan fingerprint density at radius 1 is 1.07 bits per heavy atom. The van der Waals surface area contributed by atoms with E-state index in [0.717, 1.165) is 10.0 Å². The first kappa shape index (κ1) is 18.1. The number of halogens is 1. The van der Waals surface area contributed by atoms with Crippen LogP contribution in [-0.2, 0) is 17.9 Å². The highest BCUT2D eigenvalue weighted by Gasteiger charge is 2.12. The van der Waals surface area contributed by atoms with E-state index in [2.05, 4.69) is 31.3 Å². The fraction of sp³-hybridized carbons (Fsp3) is 0.100. The van der Waals surface area contributed by atoms with Crippen molar-refractivity contribution < 1.29 is 4.79 Å². The first-order valence-corrected chi connectivity index (χ1v) is 9.41. The number of carbonyl (C=O) groups is 1. The van der Waals surface area contributed by atoms with Gasteiger partial charge in [-0.2, -0.15) is 5.10 Å². The van der Waals surface area contributed by atoms with E-state index in [1.54, 1.807) is 29.1 Å². The van der Waals surface area contributed by atoms with Gasteiger partial charge in [-0.25, -0.2) is 9.67 Å². The van der Waals surface area contributed by atoms with Gasteiger partial charge in [-0.3, -0.25) is 14.2 Å². The molecule has 2 aromatic heterocycles. The Bertz CT molecular complexity index is 1210. The Hall–Kier alpha value is -3.26. The van der Waals surface area contributed by atoms with Crippen LogP contribution in [0.4, 0.5) is 5.82 Å². The highest BCUT2D eigenvalue weighted by Crippen LogP contribution is 2.19. The number of aromatic nitrogens is 4. The lowest BCUT2D eigenvalue weighted by molar-refractivity contribution is -0.116. The Labute approximate surface area is 168 Å². The number of hydrogen-bond acceptors (Lipinski definition) is 4. The predicted molar refractivity (Wildman–Crippen MR) is 110 cm³/mol. The molecule has 0 aliphatic carbocycles. The minimum Gasteiger partial charge on any atom is -0.309 e. The first-order valence-electron chi connectivity index (χ1n) is 8.61. The van der Waals surface area contributed by atoms with E-state index in [-0.39, 0.29) is 18.0 Å². The Balaban J connectivity index is 1.55. The minimum atomic E-state index is -0.324. The maximum atomic E-state index is 12.6. The molecule has 2 aromatic carbocycles. The third-order valence-electron chi connectivity index (χ3n) is 4.32. The summed E-state index contributed by atoms with van der Waals surface area (Å²) in [4.78, 5) is 28.9. The van der Waals surface area contributed by atoms with Gasteiger partial charge in [0.1, 0.15) is 12.4 Å². The SMILES string of the molecule is O=C(Cn1c(=O)cnc2ccccc21)Nc1ccnn1Cc1ccccc1Br. The largest absolute Gasteiger partial charge is 0.309 e. The number of nitrogens with zero attached hydrogens (tertiary/aromatic N) is 4. The van der Waals surface area contributed by atoms with Gasteiger partial charge in [-0.1, -0.05) is 46.3 Å². The van der Waals surface area contributed by atoms with Crippen molar-refractivity contribution in [2.75, 3.05) is 5.32 Å². The smallest absolute Gasteiger partial charge is 0.269 e. The average Bonchev–Trinajstić information content (AvgIpc) is 3.12. The maximum Gasteiger partial charge on any atom is 0.269 e. The van der Waals surface area contributed by atoms with Crippen LogP contribution in [0.15, 0.2) is 76.3 Å². The summed E-state index contributed by atoms with van der Waals surface area (Å²) >= 11 is 3.52. The van der Waals surface area contributed by atoms with Crippen LogP contribution in [0.2, 0.25) is 0 Å². The van der Waals surface area contributed by atoms with Crippen molar-refractivity contribution >= 4 is 38.7 Å². The molecule has 0 fully saturated rings. The highest BCUT2D eigenvalue weighted by molar-refractivity contribution is 9.10. The molecule has 7 nitrogen and oxygen atoms in total. The molecule has 8 heteroatoms. The molecule has 0 aliphatic heterocycles. The van der Waals surface area contributed by atoms with Crippen LogP contribution in [0, 0.1) is 0 Å². The van der Waals surface area contributed by atoms with Gasteiger partial charge >= 0.3 is 0 Å². The zero-order valence-electron chi connectivity index (χ0n) is 14.7. The van der Waals surface area contributed by atoms with Crippen LogP contribution in [0.5, 0.6) is 0 Å². The molecule has 0 unspecified atom stereocenters. The molecule has 0 saturated heterocycles. The molecule has 0 spiro atoms. The molecule has 0 saturated carbocycles. The molecule has 0 radical (unpaired) electrons. The number of carbonyl (C=O) groups excluding carboxylic acids is 1. The molecule has 1 N–H and O–H groups in total. The number of nitrogens with one attached hydrogen (secondary N) is 1. The van der Waals surface area contributed by atoms with Crippen LogP contribution in [0.25, 0.3) is 11.0 Å². The third-order valence-corrected chi connectivity index (χ3v) is 5.09. The zero-order chi connectivity index (χ0) is 19.5. The Morgan fingerprint density at radius 3 is 2.71 bits per heavy atom. The van der Waals surface area contributed by atoms with Crippen molar-refractivity contribution in [1.82, 2.24) is 19.3 Å². The standard InChI is InChI=1S/C20H16BrN5O2/c21-15-6-2-1-5-14(15)12-26-18(9-10-23-26)24-19(27)13-25-17-8-4-3-7-16(17)22-11-20(25)28/h1-11H,12-13H2,(H,24,27). The molecule has 0 bridgehead atoms. The summed E-state index contributed by atoms with van der Waals surface area (Å²) < 4.78 is 4.08. The second kappa shape index (κ2) is 7.77. The van der Waals surface area contributed by atoms with Crippen LogP contribution < -0.4 is 10.9 Å². The second-order valence-corrected chi connectivity index (χ2v) is 7.04. The number of anilines is 1. The molecule has 1 amide bonds. The number of para-hydroxylation sites is 2. The number of benzene rings is 2. The van der Waals surface area contributed by atoms with E-state index in [0.29, 0.717) is 23.4 Å². The summed E-state index contributed by atoms with van der Waals surface area (Å²) in [7, 11) is 0. The van der Waals surface area contributed by atoms with Gasteiger partial charge in [0.05, 0.1) is 30.0 Å². The summed E-state index contributed by atoms with van der Waals surface area (Å²) in [6.07, 6.45) is 2.85. The fourth-order valence-electron chi connectivity index (χ4n) is 2.96. The van der Waals surface area contributed by atoms with Crippen molar-refractivity contribution in [3.8, 4) is 0 Å². The molecule has 2 heterocycles. The number of hydrogen-bond donors (Lipinski definition) is 1. The molecular weight excluding hydrogens is 422 g/mol. The average molecular weight is 438 g/mol. The van der Waals surface area contributed by atoms with Gasteiger partial charge in [0.15, 0.2) is 0 Å². The predicted octanol–water partition coefficient (Wildman–Crippen LogP) is 3.04. The van der Waals surface area contributed by atoms with Crippen LogP contribution in [-0.4, -0.2) is 25.2 Å². The molecule has 140 valence electrons. The second-order valence-electron chi connectivity index (χ2n) is 6.18. The number of fused-ring (bicyclic) bond motifs is 1. The van der Waals surface area contributed by atoms with E-state index < -0.39 is 0 Å². The number of amides is 1. The third kappa shape index (κ3) is 3.72. The van der Waals surface area contributed by atoms with Crippen LogP contribution in [0.1, 0.15) is 5.56 Å². The first-order chi connectivity index (χ1) is 13.6. The van der Waals surface area contributed by atoms with Crippen molar-refractivity contribution in [1.29, 1.82) is 0 Å². The highest BCUT2D eigenvalue weighted by atomic mass is 79.9. The lowest BCUT2D eigenvalue weighted by Crippen LogP contribution is -2.28. The van der Waals surface area contributed by atoms with Gasteiger partial charge < -0.3 is 5.32 Å². The Kier molecular flexibility index (Phi) is 5.03. The molecule has 4 rings (SSSR count). The van der Waals surface area contributed by atoms with Crippen LogP contribution in [0.3, 0.4) is 0 Å². The quantitative estimate of drug-likeness (QED) is 0.520. The van der Waals surface area contributed by atoms with Crippen molar-refractivity contribution in [3.05, 3.63) is 87.4 Å². The lowest BCUT2D eigenvalue weighted by atomic mass is 10.2. The molecule has 0 aliphatic rings. The van der Waals surface area contributed by atoms with Crippen molar-refractivity contribution in [2.45, 2.75) is 13.1 Å². The van der Waals surface area contributed by atoms with Gasteiger partial charge in [0.25, 0.3) is 5.56 Å². The molecular formula is C20H16BrN5O2. The lowest BCUT2D eigenvalue weighted by Gasteiger charge is -2.12. The molecule has 0 atom stereocenters. The monoisotopic (exact) mass is 437 g/mol. The number of rotatable bonds is 5. The van der Waals surface area contributed by atoms with Gasteiger partial charge in [0, 0.05) is 10.5 Å². The van der Waals surface area contributed by atoms with Crippen molar-refractivity contribution in [3.63, 3.8) is 0 Å². The summed E-state index contributed by atoms with van der Waals surface area (Å²) in [6, 6.07) is 16.8. The Morgan fingerprint density at radius 2 is 1.86 bits per heavy atom. The summed E-state index contributed by atoms with van der Waals surface area (Å²) in [5.41, 5.74) is 1.99. The van der Waals surface area contributed by atoms with E-state index in [1.807, 2.05) is 36.4 Å². The minimum absolute atomic E-state index is 0.109. The van der Waals surface area contributed by atoms with E-state index >= 15 is 0 Å². The summed E-state index contributed by atoms with van der Waals surface area (Å²) in [5, 5.41) is 7.12. The van der Waals surface area contributed by atoms with Gasteiger partial charge in [-0.05, 0) is 23.8 Å².